The van der Waals surface area contributed by atoms with Crippen molar-refractivity contribution >= 4 is 29.7 Å². The van der Waals surface area contributed by atoms with E-state index in [2.05, 4.69) is 0 Å². The number of imide groups is 2. The van der Waals surface area contributed by atoms with E-state index in [9.17, 15) is 24.0 Å². The highest BCUT2D eigenvalue weighted by Crippen LogP contribution is 2.04. The molecular formula is C10H11N3O6. The molecule has 0 bridgehead atoms. The van der Waals surface area contributed by atoms with E-state index in [4.69, 9.17) is 5.11 Å². The number of nitrogens with one attached hydrogen (secondary N) is 2. The number of carboxylic acid groups (broad SMARTS) is 1. The Morgan fingerprint density at radius 2 is 2.00 bits per heavy atom. The summed E-state index contributed by atoms with van der Waals surface area (Å²) in [6.07, 6.45) is 1.21. The van der Waals surface area contributed by atoms with Crippen LogP contribution in [-0.2, 0) is 19.2 Å². The molecule has 0 aliphatic carbocycles. The van der Waals surface area contributed by atoms with Crippen molar-refractivity contribution in [2.45, 2.75) is 13.0 Å². The molecule has 9 heteroatoms. The van der Waals surface area contributed by atoms with Crippen molar-refractivity contribution in [1.29, 1.82) is 0 Å². The van der Waals surface area contributed by atoms with Crippen LogP contribution < -0.4 is 10.6 Å². The molecule has 1 fully saturated rings. The van der Waals surface area contributed by atoms with Gasteiger partial charge in [-0.2, -0.15) is 0 Å². The van der Waals surface area contributed by atoms with Crippen molar-refractivity contribution < 1.29 is 29.1 Å². The Morgan fingerprint density at radius 3 is 2.58 bits per heavy atom. The summed E-state index contributed by atoms with van der Waals surface area (Å²) in [5, 5.41) is 12.2. The predicted molar refractivity (Wildman–Crippen MR) is 59.6 cm³/mol. The fraction of sp³-hybridized carbons (Fsp3) is 0.300. The Kier molecular flexibility index (Phi) is 4.35. The van der Waals surface area contributed by atoms with Gasteiger partial charge in [0.25, 0.3) is 5.91 Å². The molecule has 19 heavy (non-hydrogen) atoms. The summed E-state index contributed by atoms with van der Waals surface area (Å²) < 4.78 is 0. The van der Waals surface area contributed by atoms with Crippen LogP contribution in [0.1, 0.15) is 6.92 Å². The van der Waals surface area contributed by atoms with Gasteiger partial charge in [0.2, 0.25) is 11.8 Å². The maximum atomic E-state index is 11.6. The molecule has 1 heterocycles. The number of aliphatic carboxylic acids is 1. The van der Waals surface area contributed by atoms with Gasteiger partial charge in [0.1, 0.15) is 12.6 Å². The van der Waals surface area contributed by atoms with Gasteiger partial charge < -0.3 is 10.0 Å². The lowest BCUT2D eigenvalue weighted by molar-refractivity contribution is -0.138. The molecule has 1 atom stereocenters. The summed E-state index contributed by atoms with van der Waals surface area (Å²) in [6.45, 7) is 1.02. The van der Waals surface area contributed by atoms with Crippen LogP contribution in [0, 0.1) is 0 Å². The van der Waals surface area contributed by atoms with Gasteiger partial charge in [-0.15, -0.1) is 0 Å². The third kappa shape index (κ3) is 3.91. The standard InChI is InChI=1S/C10H11N3O6/c1-5-9(18)11-7(15)4-13(5)10(19)12-6(14)2-3-8(16)17/h2-3,5H,4H2,1H3,(H,16,17)(H,11,15,18)(H,12,14,19). The number of carboxylic acids is 1. The van der Waals surface area contributed by atoms with E-state index in [0.717, 1.165) is 4.90 Å². The third-order valence-corrected chi connectivity index (χ3v) is 2.29. The van der Waals surface area contributed by atoms with Crippen LogP contribution in [0.5, 0.6) is 0 Å². The largest absolute Gasteiger partial charge is 0.478 e. The zero-order valence-electron chi connectivity index (χ0n) is 9.87. The number of urea groups is 1. The lowest BCUT2D eigenvalue weighted by Gasteiger charge is -2.31. The number of hydrogen-bond donors (Lipinski definition) is 3. The van der Waals surface area contributed by atoms with E-state index >= 15 is 0 Å². The molecule has 0 spiro atoms. The highest BCUT2D eigenvalue weighted by atomic mass is 16.4. The molecule has 9 nitrogen and oxygen atoms in total. The van der Waals surface area contributed by atoms with Gasteiger partial charge >= 0.3 is 12.0 Å². The monoisotopic (exact) mass is 269 g/mol. The highest BCUT2D eigenvalue weighted by Gasteiger charge is 2.33. The minimum atomic E-state index is -1.34. The smallest absolute Gasteiger partial charge is 0.328 e. The van der Waals surface area contributed by atoms with E-state index in [1.54, 1.807) is 0 Å². The minimum Gasteiger partial charge on any atom is -0.478 e. The first-order chi connectivity index (χ1) is 8.81. The number of carbonyl (C=O) groups is 5. The third-order valence-electron chi connectivity index (χ3n) is 2.29. The normalized spacial score (nSPS) is 19.2. The van der Waals surface area contributed by atoms with E-state index in [0.29, 0.717) is 12.2 Å². The summed E-state index contributed by atoms with van der Waals surface area (Å²) in [7, 11) is 0. The molecule has 0 aromatic carbocycles. The minimum absolute atomic E-state index is 0.366. The second kappa shape index (κ2) is 5.76. The lowest BCUT2D eigenvalue weighted by Crippen LogP contribution is -2.61. The number of carbonyl (C=O) groups excluding carboxylic acids is 4. The predicted octanol–water partition coefficient (Wildman–Crippen LogP) is -1.79. The summed E-state index contributed by atoms with van der Waals surface area (Å²) in [4.78, 5) is 56.2. The summed E-state index contributed by atoms with van der Waals surface area (Å²) in [6, 6.07) is -1.86. The molecule has 1 aliphatic rings. The molecule has 1 saturated heterocycles. The molecular weight excluding hydrogens is 258 g/mol. The van der Waals surface area contributed by atoms with E-state index in [1.807, 2.05) is 10.6 Å². The second-order valence-electron chi connectivity index (χ2n) is 3.68. The molecule has 1 unspecified atom stereocenters. The van der Waals surface area contributed by atoms with Crippen LogP contribution >= 0.6 is 0 Å². The molecule has 0 saturated carbocycles. The van der Waals surface area contributed by atoms with Gasteiger partial charge in [-0.1, -0.05) is 0 Å². The fourth-order valence-corrected chi connectivity index (χ4v) is 1.33. The van der Waals surface area contributed by atoms with Gasteiger partial charge in [-0.25, -0.2) is 9.59 Å². The van der Waals surface area contributed by atoms with Gasteiger partial charge in [-0.05, 0) is 6.92 Å². The molecule has 0 radical (unpaired) electrons. The number of nitrogens with zero attached hydrogens (tertiary/aromatic N) is 1. The molecule has 3 N–H and O–H groups in total. The van der Waals surface area contributed by atoms with Crippen LogP contribution in [0.3, 0.4) is 0 Å². The van der Waals surface area contributed by atoms with Gasteiger partial charge in [0.05, 0.1) is 0 Å². The molecule has 102 valence electrons. The van der Waals surface area contributed by atoms with Crippen LogP contribution in [0.15, 0.2) is 12.2 Å². The second-order valence-corrected chi connectivity index (χ2v) is 3.68. The van der Waals surface area contributed by atoms with Gasteiger partial charge in [0, 0.05) is 12.2 Å². The van der Waals surface area contributed by atoms with E-state index in [-0.39, 0.29) is 6.54 Å². The zero-order valence-corrected chi connectivity index (χ0v) is 9.87. The summed E-state index contributed by atoms with van der Waals surface area (Å²) >= 11 is 0. The Bertz CT molecular complexity index is 484. The van der Waals surface area contributed by atoms with Crippen molar-refractivity contribution in [3.05, 3.63) is 12.2 Å². The van der Waals surface area contributed by atoms with Crippen LogP contribution in [-0.4, -0.2) is 52.3 Å². The molecule has 1 rings (SSSR count). The van der Waals surface area contributed by atoms with Crippen LogP contribution in [0.2, 0.25) is 0 Å². The van der Waals surface area contributed by atoms with Crippen molar-refractivity contribution in [3.63, 3.8) is 0 Å². The Balaban J connectivity index is 2.67. The van der Waals surface area contributed by atoms with Crippen LogP contribution in [0.25, 0.3) is 0 Å². The molecule has 5 amide bonds. The van der Waals surface area contributed by atoms with Crippen molar-refractivity contribution in [1.82, 2.24) is 15.5 Å². The van der Waals surface area contributed by atoms with Gasteiger partial charge in [-0.3, -0.25) is 25.0 Å². The number of rotatable bonds is 2. The number of amides is 5. The fourth-order valence-electron chi connectivity index (χ4n) is 1.33. The topological polar surface area (TPSA) is 133 Å². The maximum Gasteiger partial charge on any atom is 0.328 e. The summed E-state index contributed by atoms with van der Waals surface area (Å²) in [5.41, 5.74) is 0. The Hall–Kier alpha value is -2.71. The molecule has 0 aromatic heterocycles. The summed E-state index contributed by atoms with van der Waals surface area (Å²) in [5.74, 6) is -3.62. The van der Waals surface area contributed by atoms with Crippen molar-refractivity contribution in [2.24, 2.45) is 0 Å². The average Bonchev–Trinajstić information content (AvgIpc) is 2.31. The van der Waals surface area contributed by atoms with E-state index < -0.39 is 35.8 Å². The highest BCUT2D eigenvalue weighted by molar-refractivity contribution is 6.07. The first-order valence-electron chi connectivity index (χ1n) is 5.17. The Morgan fingerprint density at radius 1 is 1.37 bits per heavy atom. The average molecular weight is 269 g/mol. The lowest BCUT2D eigenvalue weighted by atomic mass is 10.2. The van der Waals surface area contributed by atoms with Crippen LogP contribution in [0.4, 0.5) is 4.79 Å². The SMILES string of the molecule is CC1C(=O)NC(=O)CN1C(=O)NC(=O)C=CC(=O)O. The first kappa shape index (κ1) is 14.4. The zero-order chi connectivity index (χ0) is 14.6. The molecule has 1 aliphatic heterocycles. The van der Waals surface area contributed by atoms with E-state index in [1.165, 1.54) is 6.92 Å². The Labute approximate surface area is 107 Å². The quantitative estimate of drug-likeness (QED) is 0.400. The first-order valence-corrected chi connectivity index (χ1v) is 5.17. The van der Waals surface area contributed by atoms with Gasteiger partial charge in [0.15, 0.2) is 0 Å². The van der Waals surface area contributed by atoms with Crippen molar-refractivity contribution in [2.75, 3.05) is 6.54 Å². The maximum absolute atomic E-state index is 11.6. The number of piperazine rings is 1. The molecule has 0 aromatic rings. The number of hydrogen-bond acceptors (Lipinski definition) is 5. The van der Waals surface area contributed by atoms with Crippen molar-refractivity contribution in [3.8, 4) is 0 Å².